The number of halogens is 2. The van der Waals surface area contributed by atoms with E-state index in [1.165, 1.54) is 6.07 Å². The highest BCUT2D eigenvalue weighted by Gasteiger charge is 2.18. The van der Waals surface area contributed by atoms with Crippen LogP contribution in [0.3, 0.4) is 0 Å². The lowest BCUT2D eigenvalue weighted by Crippen LogP contribution is -2.20. The molecule has 0 aliphatic carbocycles. The van der Waals surface area contributed by atoms with E-state index in [0.29, 0.717) is 12.4 Å². The second-order valence-electron chi connectivity index (χ2n) is 4.82. The standard InChI is InChI=1S/C14H14ClFN4O/c15-11-5-8(1-2-12(11)16)10-6-18-14(17)20-13(10)19-9-3-4-21-7-9/h1-2,5-6,9H,3-4,7H2,(H3,17,18,19,20). The van der Waals surface area contributed by atoms with E-state index in [9.17, 15) is 4.39 Å². The maximum atomic E-state index is 13.3. The number of aromatic nitrogens is 2. The van der Waals surface area contributed by atoms with Crippen LogP contribution in [0.1, 0.15) is 6.42 Å². The third-order valence-corrected chi connectivity index (χ3v) is 3.60. The van der Waals surface area contributed by atoms with Crippen LogP contribution in [-0.4, -0.2) is 29.2 Å². The van der Waals surface area contributed by atoms with Crippen LogP contribution in [-0.2, 0) is 4.74 Å². The summed E-state index contributed by atoms with van der Waals surface area (Å²) >= 11 is 5.84. The molecule has 21 heavy (non-hydrogen) atoms. The van der Waals surface area contributed by atoms with Gasteiger partial charge in [-0.25, -0.2) is 9.37 Å². The van der Waals surface area contributed by atoms with Gasteiger partial charge in [-0.3, -0.25) is 0 Å². The first kappa shape index (κ1) is 14.0. The molecule has 1 unspecified atom stereocenters. The van der Waals surface area contributed by atoms with Crippen molar-refractivity contribution in [3.8, 4) is 11.1 Å². The number of hydrogen-bond donors (Lipinski definition) is 2. The molecule has 3 N–H and O–H groups in total. The Bertz CT molecular complexity index is 661. The number of nitrogen functional groups attached to an aromatic ring is 1. The SMILES string of the molecule is Nc1ncc(-c2ccc(F)c(Cl)c2)c(NC2CCOC2)n1. The fourth-order valence-electron chi connectivity index (χ4n) is 2.22. The zero-order chi connectivity index (χ0) is 14.8. The maximum absolute atomic E-state index is 13.3. The van der Waals surface area contributed by atoms with Gasteiger partial charge in [0.05, 0.1) is 17.7 Å². The molecular formula is C14H14ClFN4O. The Hall–Kier alpha value is -1.92. The smallest absolute Gasteiger partial charge is 0.221 e. The fraction of sp³-hybridized carbons (Fsp3) is 0.286. The number of benzene rings is 1. The molecule has 7 heteroatoms. The molecular weight excluding hydrogens is 295 g/mol. The first-order valence-electron chi connectivity index (χ1n) is 6.55. The van der Waals surface area contributed by atoms with E-state index in [-0.39, 0.29) is 17.0 Å². The largest absolute Gasteiger partial charge is 0.379 e. The van der Waals surface area contributed by atoms with E-state index < -0.39 is 5.82 Å². The van der Waals surface area contributed by atoms with E-state index in [1.807, 2.05) is 0 Å². The summed E-state index contributed by atoms with van der Waals surface area (Å²) in [5, 5.41) is 3.34. The van der Waals surface area contributed by atoms with Gasteiger partial charge in [0.25, 0.3) is 0 Å². The van der Waals surface area contributed by atoms with Crippen LogP contribution in [0.25, 0.3) is 11.1 Å². The Morgan fingerprint density at radius 1 is 1.43 bits per heavy atom. The second-order valence-corrected chi connectivity index (χ2v) is 5.23. The highest BCUT2D eigenvalue weighted by Crippen LogP contribution is 2.30. The molecule has 5 nitrogen and oxygen atoms in total. The zero-order valence-corrected chi connectivity index (χ0v) is 11.9. The predicted molar refractivity (Wildman–Crippen MR) is 79.7 cm³/mol. The molecule has 2 heterocycles. The molecule has 1 saturated heterocycles. The number of hydrogen-bond acceptors (Lipinski definition) is 5. The van der Waals surface area contributed by atoms with Crippen LogP contribution in [0, 0.1) is 5.82 Å². The molecule has 0 radical (unpaired) electrons. The molecule has 1 atom stereocenters. The van der Waals surface area contributed by atoms with Crippen LogP contribution < -0.4 is 11.1 Å². The van der Waals surface area contributed by atoms with Crippen molar-refractivity contribution >= 4 is 23.4 Å². The number of nitrogens with one attached hydrogen (secondary N) is 1. The van der Waals surface area contributed by atoms with Crippen molar-refractivity contribution in [3.63, 3.8) is 0 Å². The number of nitrogens with zero attached hydrogens (tertiary/aromatic N) is 2. The molecule has 1 aliphatic heterocycles. The summed E-state index contributed by atoms with van der Waals surface area (Å²) in [6.45, 7) is 1.34. The third kappa shape index (κ3) is 3.06. The van der Waals surface area contributed by atoms with Gasteiger partial charge in [0, 0.05) is 18.4 Å². The quantitative estimate of drug-likeness (QED) is 0.912. The van der Waals surface area contributed by atoms with Crippen molar-refractivity contribution in [1.29, 1.82) is 0 Å². The van der Waals surface area contributed by atoms with Gasteiger partial charge >= 0.3 is 0 Å². The third-order valence-electron chi connectivity index (χ3n) is 3.31. The minimum atomic E-state index is -0.463. The Morgan fingerprint density at radius 3 is 3.00 bits per heavy atom. The number of nitrogens with two attached hydrogens (primary N) is 1. The second kappa shape index (κ2) is 5.83. The van der Waals surface area contributed by atoms with Crippen molar-refractivity contribution in [2.45, 2.75) is 12.5 Å². The van der Waals surface area contributed by atoms with Gasteiger partial charge in [-0.15, -0.1) is 0 Å². The topological polar surface area (TPSA) is 73.1 Å². The minimum Gasteiger partial charge on any atom is -0.379 e. The van der Waals surface area contributed by atoms with E-state index >= 15 is 0 Å². The average Bonchev–Trinajstić information content (AvgIpc) is 2.95. The van der Waals surface area contributed by atoms with Gasteiger partial charge in [0.1, 0.15) is 11.6 Å². The summed E-state index contributed by atoms with van der Waals surface area (Å²) < 4.78 is 18.6. The number of anilines is 2. The van der Waals surface area contributed by atoms with Gasteiger partial charge in [-0.2, -0.15) is 4.98 Å². The number of ether oxygens (including phenoxy) is 1. The molecule has 2 aromatic rings. The summed E-state index contributed by atoms with van der Waals surface area (Å²) in [7, 11) is 0. The Kier molecular flexibility index (Phi) is 3.90. The van der Waals surface area contributed by atoms with Crippen LogP contribution in [0.15, 0.2) is 24.4 Å². The fourth-order valence-corrected chi connectivity index (χ4v) is 2.40. The van der Waals surface area contributed by atoms with Gasteiger partial charge < -0.3 is 15.8 Å². The first-order valence-corrected chi connectivity index (χ1v) is 6.93. The lowest BCUT2D eigenvalue weighted by atomic mass is 10.1. The predicted octanol–water partition coefficient (Wildman–Crippen LogP) is 2.72. The molecule has 1 aromatic carbocycles. The molecule has 0 bridgehead atoms. The summed E-state index contributed by atoms with van der Waals surface area (Å²) in [5.41, 5.74) is 7.10. The summed E-state index contributed by atoms with van der Waals surface area (Å²) in [4.78, 5) is 8.23. The molecule has 3 rings (SSSR count). The maximum Gasteiger partial charge on any atom is 0.221 e. The van der Waals surface area contributed by atoms with E-state index in [1.54, 1.807) is 18.3 Å². The van der Waals surface area contributed by atoms with E-state index in [2.05, 4.69) is 15.3 Å². The highest BCUT2D eigenvalue weighted by molar-refractivity contribution is 6.31. The molecule has 1 aliphatic rings. The minimum absolute atomic E-state index is 0.0551. The monoisotopic (exact) mass is 308 g/mol. The van der Waals surface area contributed by atoms with Crippen molar-refractivity contribution in [1.82, 2.24) is 9.97 Å². The van der Waals surface area contributed by atoms with Gasteiger partial charge in [0.15, 0.2) is 0 Å². The van der Waals surface area contributed by atoms with Crippen molar-refractivity contribution < 1.29 is 9.13 Å². The van der Waals surface area contributed by atoms with Gasteiger partial charge in [0.2, 0.25) is 5.95 Å². The number of rotatable bonds is 3. The molecule has 110 valence electrons. The Morgan fingerprint density at radius 2 is 2.29 bits per heavy atom. The van der Waals surface area contributed by atoms with Gasteiger partial charge in [-0.05, 0) is 24.1 Å². The molecule has 1 fully saturated rings. The van der Waals surface area contributed by atoms with Crippen LogP contribution in [0.2, 0.25) is 5.02 Å². The normalized spacial score (nSPS) is 17.9. The van der Waals surface area contributed by atoms with Crippen LogP contribution in [0.5, 0.6) is 0 Å². The van der Waals surface area contributed by atoms with E-state index in [4.69, 9.17) is 22.1 Å². The summed E-state index contributed by atoms with van der Waals surface area (Å²) in [6.07, 6.45) is 2.50. The molecule has 0 saturated carbocycles. The zero-order valence-electron chi connectivity index (χ0n) is 11.1. The molecule has 0 amide bonds. The van der Waals surface area contributed by atoms with Crippen molar-refractivity contribution in [3.05, 3.63) is 35.2 Å². The Labute approximate surface area is 126 Å². The highest BCUT2D eigenvalue weighted by atomic mass is 35.5. The Balaban J connectivity index is 1.98. The first-order chi connectivity index (χ1) is 10.1. The van der Waals surface area contributed by atoms with Crippen LogP contribution >= 0.6 is 11.6 Å². The van der Waals surface area contributed by atoms with Crippen molar-refractivity contribution in [2.75, 3.05) is 24.3 Å². The van der Waals surface area contributed by atoms with E-state index in [0.717, 1.165) is 24.2 Å². The summed E-state index contributed by atoms with van der Waals surface area (Å²) in [5.74, 6) is 0.310. The molecule has 1 aromatic heterocycles. The summed E-state index contributed by atoms with van der Waals surface area (Å²) in [6, 6.07) is 4.67. The lowest BCUT2D eigenvalue weighted by molar-refractivity contribution is 0.195. The van der Waals surface area contributed by atoms with Crippen LogP contribution in [0.4, 0.5) is 16.2 Å². The van der Waals surface area contributed by atoms with Crippen molar-refractivity contribution in [2.24, 2.45) is 0 Å². The molecule has 0 spiro atoms. The lowest BCUT2D eigenvalue weighted by Gasteiger charge is -2.15. The average molecular weight is 309 g/mol. The van der Waals surface area contributed by atoms with Gasteiger partial charge in [-0.1, -0.05) is 17.7 Å².